The predicted molar refractivity (Wildman–Crippen MR) is 105 cm³/mol. The highest BCUT2D eigenvalue weighted by Gasteiger charge is 2.47. The lowest BCUT2D eigenvalue weighted by Crippen LogP contribution is -2.46. The molecule has 2 aromatic rings. The number of sulfone groups is 1. The molecule has 9 heteroatoms. The summed E-state index contributed by atoms with van der Waals surface area (Å²) in [5, 5.41) is 0.631. The SMILES string of the molecule is Cc1ccc(C(=O)Cc2c(Cl)cncc2Cl)c2c1OC1(CCS(=O)(=O)CC1)O2. The molecule has 1 spiro atoms. The summed E-state index contributed by atoms with van der Waals surface area (Å²) in [6.07, 6.45) is 3.30. The van der Waals surface area contributed by atoms with E-state index < -0.39 is 15.6 Å². The van der Waals surface area contributed by atoms with E-state index in [9.17, 15) is 13.2 Å². The van der Waals surface area contributed by atoms with Crippen molar-refractivity contribution in [2.75, 3.05) is 11.5 Å². The summed E-state index contributed by atoms with van der Waals surface area (Å²) in [4.78, 5) is 16.9. The third kappa shape index (κ3) is 3.47. The number of pyridine rings is 1. The predicted octanol–water partition coefficient (Wildman–Crippen LogP) is 3.80. The molecule has 0 saturated carbocycles. The van der Waals surface area contributed by atoms with E-state index >= 15 is 0 Å². The first-order valence-corrected chi connectivity index (χ1v) is 11.3. The van der Waals surface area contributed by atoms with Gasteiger partial charge in [0.2, 0.25) is 0 Å². The number of hydrogen-bond donors (Lipinski definition) is 0. The molecule has 0 atom stereocenters. The van der Waals surface area contributed by atoms with Crippen LogP contribution in [0.25, 0.3) is 0 Å². The van der Waals surface area contributed by atoms with E-state index in [1.807, 2.05) is 6.92 Å². The van der Waals surface area contributed by atoms with Gasteiger partial charge in [0.1, 0.15) is 0 Å². The van der Waals surface area contributed by atoms with Crippen LogP contribution in [0.15, 0.2) is 24.5 Å². The molecule has 0 aliphatic carbocycles. The monoisotopic (exact) mass is 441 g/mol. The summed E-state index contributed by atoms with van der Waals surface area (Å²) in [5.41, 5.74) is 1.67. The van der Waals surface area contributed by atoms with Crippen LogP contribution in [0.2, 0.25) is 10.0 Å². The van der Waals surface area contributed by atoms with Gasteiger partial charge in [-0.25, -0.2) is 8.42 Å². The Hall–Kier alpha value is -1.83. The lowest BCUT2D eigenvalue weighted by atomic mass is 10.0. The zero-order valence-electron chi connectivity index (χ0n) is 15.0. The van der Waals surface area contributed by atoms with Gasteiger partial charge in [0.05, 0.1) is 27.1 Å². The van der Waals surface area contributed by atoms with Gasteiger partial charge >= 0.3 is 0 Å². The van der Waals surface area contributed by atoms with Crippen LogP contribution in [-0.2, 0) is 16.3 Å². The number of hydrogen-bond acceptors (Lipinski definition) is 6. The van der Waals surface area contributed by atoms with Gasteiger partial charge < -0.3 is 9.47 Å². The Balaban J connectivity index is 1.65. The second kappa shape index (κ2) is 6.90. The van der Waals surface area contributed by atoms with Crippen LogP contribution in [0.5, 0.6) is 11.5 Å². The minimum absolute atomic E-state index is 0.00839. The molecule has 3 heterocycles. The first-order valence-electron chi connectivity index (χ1n) is 8.73. The number of ether oxygens (including phenoxy) is 2. The lowest BCUT2D eigenvalue weighted by Gasteiger charge is -2.31. The number of Topliss-reactive ketones (excluding diaryl/α,β-unsaturated/α-hetero) is 1. The fourth-order valence-corrected chi connectivity index (χ4v) is 5.36. The van der Waals surface area contributed by atoms with Gasteiger partial charge in [-0.1, -0.05) is 29.3 Å². The van der Waals surface area contributed by atoms with Crippen LogP contribution in [0.1, 0.15) is 34.3 Å². The first kappa shape index (κ1) is 19.5. The van der Waals surface area contributed by atoms with Crippen LogP contribution in [0.3, 0.4) is 0 Å². The summed E-state index contributed by atoms with van der Waals surface area (Å²) in [5.74, 6) is -0.448. The van der Waals surface area contributed by atoms with Gasteiger partial charge in [0.25, 0.3) is 5.79 Å². The number of ketones is 1. The number of benzene rings is 1. The quantitative estimate of drug-likeness (QED) is 0.673. The second-order valence-electron chi connectivity index (χ2n) is 7.04. The van der Waals surface area contributed by atoms with Crippen molar-refractivity contribution in [2.24, 2.45) is 0 Å². The molecule has 0 bridgehead atoms. The lowest BCUT2D eigenvalue weighted by molar-refractivity contribution is -0.0859. The molecule has 4 rings (SSSR count). The number of fused-ring (bicyclic) bond motifs is 1. The summed E-state index contributed by atoms with van der Waals surface area (Å²) < 4.78 is 35.7. The van der Waals surface area contributed by atoms with Gasteiger partial charge in [0.15, 0.2) is 27.1 Å². The molecule has 0 amide bonds. The molecule has 0 radical (unpaired) electrons. The van der Waals surface area contributed by atoms with Crippen molar-refractivity contribution in [2.45, 2.75) is 32.0 Å². The molecular weight excluding hydrogens is 425 g/mol. The average Bonchev–Trinajstić information content (AvgIpc) is 3.02. The third-order valence-electron chi connectivity index (χ3n) is 5.06. The van der Waals surface area contributed by atoms with E-state index in [1.54, 1.807) is 12.1 Å². The van der Waals surface area contributed by atoms with Crippen molar-refractivity contribution in [3.63, 3.8) is 0 Å². The summed E-state index contributed by atoms with van der Waals surface area (Å²) in [6, 6.07) is 3.46. The average molecular weight is 442 g/mol. The molecule has 0 unspecified atom stereocenters. The summed E-state index contributed by atoms with van der Waals surface area (Å²) in [6.45, 7) is 1.85. The third-order valence-corrected chi connectivity index (χ3v) is 7.37. The van der Waals surface area contributed by atoms with E-state index in [0.29, 0.717) is 32.7 Å². The summed E-state index contributed by atoms with van der Waals surface area (Å²) >= 11 is 12.3. The van der Waals surface area contributed by atoms with Gasteiger partial charge in [0, 0.05) is 37.2 Å². The number of carbonyl (C=O) groups is 1. The molecular formula is C19H17Cl2NO5S. The zero-order valence-corrected chi connectivity index (χ0v) is 17.3. The molecule has 1 aromatic heterocycles. The van der Waals surface area contributed by atoms with Crippen molar-refractivity contribution in [3.8, 4) is 11.5 Å². The van der Waals surface area contributed by atoms with E-state index in [4.69, 9.17) is 32.7 Å². The van der Waals surface area contributed by atoms with Crippen molar-refractivity contribution in [1.82, 2.24) is 4.98 Å². The topological polar surface area (TPSA) is 82.6 Å². The fourth-order valence-electron chi connectivity index (χ4n) is 3.42. The number of rotatable bonds is 3. The van der Waals surface area contributed by atoms with Crippen LogP contribution >= 0.6 is 23.2 Å². The Labute approximate surface area is 172 Å². The number of aryl methyl sites for hydroxylation is 1. The molecule has 6 nitrogen and oxygen atoms in total. The van der Waals surface area contributed by atoms with Crippen molar-refractivity contribution >= 4 is 38.8 Å². The molecule has 148 valence electrons. The smallest absolute Gasteiger partial charge is 0.253 e. The molecule has 1 aromatic carbocycles. The number of carbonyl (C=O) groups excluding carboxylic acids is 1. The molecule has 2 aliphatic rings. The van der Waals surface area contributed by atoms with Crippen LogP contribution in [-0.4, -0.2) is 36.5 Å². The minimum Gasteiger partial charge on any atom is -0.448 e. The van der Waals surface area contributed by atoms with E-state index in [1.165, 1.54) is 12.4 Å². The van der Waals surface area contributed by atoms with Gasteiger partial charge in [-0.3, -0.25) is 9.78 Å². The highest BCUT2D eigenvalue weighted by atomic mass is 35.5. The molecule has 2 aliphatic heterocycles. The van der Waals surface area contributed by atoms with Crippen molar-refractivity contribution in [3.05, 3.63) is 51.3 Å². The molecule has 28 heavy (non-hydrogen) atoms. The van der Waals surface area contributed by atoms with Gasteiger partial charge in [-0.05, 0) is 18.6 Å². The largest absolute Gasteiger partial charge is 0.448 e. The summed E-state index contributed by atoms with van der Waals surface area (Å²) in [7, 11) is -3.08. The molecule has 1 fully saturated rings. The Kier molecular flexibility index (Phi) is 4.80. The number of aromatic nitrogens is 1. The van der Waals surface area contributed by atoms with Crippen LogP contribution in [0, 0.1) is 6.92 Å². The second-order valence-corrected chi connectivity index (χ2v) is 10.2. The van der Waals surface area contributed by atoms with Gasteiger partial charge in [-0.2, -0.15) is 0 Å². The minimum atomic E-state index is -3.08. The van der Waals surface area contributed by atoms with E-state index in [0.717, 1.165) is 5.56 Å². The van der Waals surface area contributed by atoms with Crippen LogP contribution < -0.4 is 9.47 Å². The Morgan fingerprint density at radius 2 is 1.71 bits per heavy atom. The van der Waals surface area contributed by atoms with Crippen molar-refractivity contribution in [1.29, 1.82) is 0 Å². The van der Waals surface area contributed by atoms with Crippen LogP contribution in [0.4, 0.5) is 0 Å². The maximum Gasteiger partial charge on any atom is 0.253 e. The standard InChI is InChI=1S/C19H17Cl2NO5S/c1-11-2-3-12(16(23)8-13-14(20)9-22-10-15(13)21)18-17(11)26-19(27-18)4-6-28(24,25)7-5-19/h2-3,9-10H,4-8H2,1H3. The number of halogens is 2. The Morgan fingerprint density at radius 3 is 2.36 bits per heavy atom. The van der Waals surface area contributed by atoms with E-state index in [2.05, 4.69) is 4.98 Å². The number of nitrogens with zero attached hydrogens (tertiary/aromatic N) is 1. The maximum absolute atomic E-state index is 13.0. The maximum atomic E-state index is 13.0. The van der Waals surface area contributed by atoms with E-state index in [-0.39, 0.29) is 36.6 Å². The zero-order chi connectivity index (χ0) is 20.1. The Bertz CT molecular complexity index is 1050. The molecule has 0 N–H and O–H groups in total. The molecule has 1 saturated heterocycles. The fraction of sp³-hybridized carbons (Fsp3) is 0.368. The normalized spacial score (nSPS) is 19.0. The Morgan fingerprint density at radius 1 is 1.11 bits per heavy atom. The first-order chi connectivity index (χ1) is 13.2. The highest BCUT2D eigenvalue weighted by Crippen LogP contribution is 2.48. The highest BCUT2D eigenvalue weighted by molar-refractivity contribution is 7.91. The van der Waals surface area contributed by atoms with Gasteiger partial charge in [-0.15, -0.1) is 0 Å². The van der Waals surface area contributed by atoms with Crippen molar-refractivity contribution < 1.29 is 22.7 Å².